The molecule has 2 unspecified atom stereocenters. The van der Waals surface area contributed by atoms with Gasteiger partial charge in [0.2, 0.25) is 0 Å². The summed E-state index contributed by atoms with van der Waals surface area (Å²) in [6.45, 7) is 8.28. The molecule has 1 aromatic rings. The quantitative estimate of drug-likeness (QED) is 0.736. The Kier molecular flexibility index (Phi) is 3.37. The average Bonchev–Trinajstić information content (AvgIpc) is 2.17. The highest BCUT2D eigenvalue weighted by Gasteiger charge is 2.21. The van der Waals surface area contributed by atoms with Crippen molar-refractivity contribution in [3.8, 4) is 0 Å². The Morgan fingerprint density at radius 3 is 2.40 bits per heavy atom. The van der Waals surface area contributed by atoms with Gasteiger partial charge in [-0.05, 0) is 36.0 Å². The molecule has 0 spiro atoms. The highest BCUT2D eigenvalue weighted by atomic mass is 15.1. The molecule has 0 radical (unpaired) electrons. The van der Waals surface area contributed by atoms with Crippen LogP contribution < -0.4 is 0 Å². The molecular weight excluding hydrogens is 184 g/mol. The summed E-state index contributed by atoms with van der Waals surface area (Å²) < 4.78 is 0. The molecule has 1 fully saturated rings. The first kappa shape index (κ1) is 10.6. The van der Waals surface area contributed by atoms with Crippen LogP contribution in [0.3, 0.4) is 0 Å². The monoisotopic (exact) mass is 204 g/mol. The van der Waals surface area contributed by atoms with E-state index in [0.717, 1.165) is 18.4 Å². The lowest BCUT2D eigenvalue weighted by Crippen LogP contribution is -2.38. The van der Waals surface area contributed by atoms with E-state index in [1.165, 1.54) is 25.1 Å². The van der Waals surface area contributed by atoms with Crippen LogP contribution in [0.1, 0.15) is 25.8 Å². The maximum atomic E-state index is 4.05. The highest BCUT2D eigenvalue weighted by Crippen LogP contribution is 2.22. The van der Waals surface area contributed by atoms with Gasteiger partial charge in [-0.25, -0.2) is 0 Å². The Balaban J connectivity index is 1.94. The highest BCUT2D eigenvalue weighted by molar-refractivity contribution is 5.09. The van der Waals surface area contributed by atoms with Crippen molar-refractivity contribution in [2.24, 2.45) is 11.8 Å². The van der Waals surface area contributed by atoms with Gasteiger partial charge in [0.15, 0.2) is 0 Å². The molecule has 0 bridgehead atoms. The summed E-state index contributed by atoms with van der Waals surface area (Å²) in [6, 6.07) is 4.23. The first-order valence-corrected chi connectivity index (χ1v) is 5.85. The van der Waals surface area contributed by atoms with E-state index in [4.69, 9.17) is 0 Å². The minimum Gasteiger partial charge on any atom is -0.299 e. The summed E-state index contributed by atoms with van der Waals surface area (Å²) in [4.78, 5) is 6.61. The minimum absolute atomic E-state index is 0.843. The van der Waals surface area contributed by atoms with Crippen LogP contribution in [0, 0.1) is 11.8 Å². The van der Waals surface area contributed by atoms with Crippen LogP contribution in [0.4, 0.5) is 0 Å². The summed E-state index contributed by atoms with van der Waals surface area (Å²) >= 11 is 0. The lowest BCUT2D eigenvalue weighted by Gasteiger charge is -2.34. The van der Waals surface area contributed by atoms with Crippen molar-refractivity contribution in [3.63, 3.8) is 0 Å². The molecule has 1 aliphatic heterocycles. The van der Waals surface area contributed by atoms with Crippen molar-refractivity contribution in [2.45, 2.75) is 26.8 Å². The second-order valence-electron chi connectivity index (χ2n) is 5.00. The van der Waals surface area contributed by atoms with E-state index in [-0.39, 0.29) is 0 Å². The fraction of sp³-hybridized carbons (Fsp3) is 0.615. The van der Waals surface area contributed by atoms with Crippen molar-refractivity contribution in [3.05, 3.63) is 30.1 Å². The van der Waals surface area contributed by atoms with Gasteiger partial charge >= 0.3 is 0 Å². The number of nitrogens with zero attached hydrogens (tertiary/aromatic N) is 2. The van der Waals surface area contributed by atoms with Crippen molar-refractivity contribution >= 4 is 0 Å². The predicted octanol–water partition coefficient (Wildman–Crippen LogP) is 2.56. The Morgan fingerprint density at radius 2 is 1.80 bits per heavy atom. The van der Waals surface area contributed by atoms with Crippen LogP contribution in [-0.2, 0) is 6.54 Å². The second-order valence-corrected chi connectivity index (χ2v) is 5.00. The third kappa shape index (κ3) is 3.03. The minimum atomic E-state index is 0.843. The lowest BCUT2D eigenvalue weighted by atomic mass is 9.92. The molecule has 0 amide bonds. The van der Waals surface area contributed by atoms with Crippen LogP contribution in [0.5, 0.6) is 0 Å². The number of rotatable bonds is 2. The standard InChI is InChI=1S/C13H20N2/c1-11-7-12(2)9-15(8-11)10-13-3-5-14-6-4-13/h3-6,11-12H,7-10H2,1-2H3. The molecule has 2 heterocycles. The zero-order chi connectivity index (χ0) is 10.7. The molecule has 2 atom stereocenters. The maximum Gasteiger partial charge on any atom is 0.0271 e. The second kappa shape index (κ2) is 4.75. The molecule has 2 nitrogen and oxygen atoms in total. The van der Waals surface area contributed by atoms with E-state index in [1.807, 2.05) is 12.4 Å². The largest absolute Gasteiger partial charge is 0.299 e. The third-order valence-corrected chi connectivity index (χ3v) is 3.10. The van der Waals surface area contributed by atoms with Crippen molar-refractivity contribution < 1.29 is 0 Å². The third-order valence-electron chi connectivity index (χ3n) is 3.10. The first-order valence-electron chi connectivity index (χ1n) is 5.85. The SMILES string of the molecule is CC1CC(C)CN(Cc2ccncc2)C1. The number of likely N-dealkylation sites (tertiary alicyclic amines) is 1. The van der Waals surface area contributed by atoms with Gasteiger partial charge in [0.1, 0.15) is 0 Å². The number of hydrogen-bond donors (Lipinski definition) is 0. The summed E-state index contributed by atoms with van der Waals surface area (Å²) in [5, 5.41) is 0. The average molecular weight is 204 g/mol. The van der Waals surface area contributed by atoms with Gasteiger partial charge in [0, 0.05) is 32.0 Å². The summed E-state index contributed by atoms with van der Waals surface area (Å²) in [6.07, 6.45) is 5.14. The van der Waals surface area contributed by atoms with E-state index < -0.39 is 0 Å². The predicted molar refractivity (Wildman–Crippen MR) is 62.5 cm³/mol. The molecule has 0 aromatic carbocycles. The number of hydrogen-bond acceptors (Lipinski definition) is 2. The Labute approximate surface area is 92.3 Å². The molecule has 0 aliphatic carbocycles. The zero-order valence-electron chi connectivity index (χ0n) is 9.69. The molecule has 1 aliphatic rings. The molecular formula is C13H20N2. The fourth-order valence-electron chi connectivity index (χ4n) is 2.67. The molecule has 82 valence electrons. The van der Waals surface area contributed by atoms with Crippen LogP contribution in [-0.4, -0.2) is 23.0 Å². The van der Waals surface area contributed by atoms with Gasteiger partial charge in [-0.2, -0.15) is 0 Å². The fourth-order valence-corrected chi connectivity index (χ4v) is 2.67. The van der Waals surface area contributed by atoms with Crippen molar-refractivity contribution in [1.82, 2.24) is 9.88 Å². The lowest BCUT2D eigenvalue weighted by molar-refractivity contribution is 0.134. The summed E-state index contributed by atoms with van der Waals surface area (Å²) in [5.74, 6) is 1.69. The Hall–Kier alpha value is -0.890. The Bertz CT molecular complexity index is 287. The van der Waals surface area contributed by atoms with Crippen LogP contribution in [0.2, 0.25) is 0 Å². The molecule has 1 saturated heterocycles. The number of piperidine rings is 1. The van der Waals surface area contributed by atoms with Crippen LogP contribution in [0.15, 0.2) is 24.5 Å². The van der Waals surface area contributed by atoms with Crippen molar-refractivity contribution in [2.75, 3.05) is 13.1 Å². The zero-order valence-corrected chi connectivity index (χ0v) is 9.69. The first-order chi connectivity index (χ1) is 7.24. The van der Waals surface area contributed by atoms with Gasteiger partial charge in [0.25, 0.3) is 0 Å². The molecule has 0 saturated carbocycles. The number of aromatic nitrogens is 1. The molecule has 0 N–H and O–H groups in total. The van der Waals surface area contributed by atoms with Gasteiger partial charge < -0.3 is 0 Å². The van der Waals surface area contributed by atoms with Gasteiger partial charge in [-0.3, -0.25) is 9.88 Å². The molecule has 1 aromatic heterocycles. The number of pyridine rings is 1. The van der Waals surface area contributed by atoms with E-state index in [1.54, 1.807) is 0 Å². The van der Waals surface area contributed by atoms with E-state index in [9.17, 15) is 0 Å². The van der Waals surface area contributed by atoms with E-state index in [0.29, 0.717) is 0 Å². The smallest absolute Gasteiger partial charge is 0.0271 e. The van der Waals surface area contributed by atoms with E-state index in [2.05, 4.69) is 35.9 Å². The van der Waals surface area contributed by atoms with Gasteiger partial charge in [0.05, 0.1) is 0 Å². The van der Waals surface area contributed by atoms with Gasteiger partial charge in [-0.1, -0.05) is 13.8 Å². The van der Waals surface area contributed by atoms with Gasteiger partial charge in [-0.15, -0.1) is 0 Å². The summed E-state index contributed by atoms with van der Waals surface area (Å²) in [5.41, 5.74) is 1.38. The topological polar surface area (TPSA) is 16.1 Å². The summed E-state index contributed by atoms with van der Waals surface area (Å²) in [7, 11) is 0. The maximum absolute atomic E-state index is 4.05. The Morgan fingerprint density at radius 1 is 1.20 bits per heavy atom. The molecule has 2 rings (SSSR count). The van der Waals surface area contributed by atoms with Crippen molar-refractivity contribution in [1.29, 1.82) is 0 Å². The molecule has 2 heteroatoms. The van der Waals surface area contributed by atoms with Crippen LogP contribution in [0.25, 0.3) is 0 Å². The molecule has 15 heavy (non-hydrogen) atoms. The normalized spacial score (nSPS) is 27.9. The van der Waals surface area contributed by atoms with E-state index >= 15 is 0 Å². The van der Waals surface area contributed by atoms with Crippen LogP contribution >= 0.6 is 0 Å².